The highest BCUT2D eigenvalue weighted by Gasteiger charge is 2.26. The summed E-state index contributed by atoms with van der Waals surface area (Å²) in [5.74, 6) is 0.875. The number of methoxy groups -OCH3 is 1. The van der Waals surface area contributed by atoms with E-state index in [-0.39, 0.29) is 28.8 Å². The first kappa shape index (κ1) is 22.4. The van der Waals surface area contributed by atoms with Crippen LogP contribution in [0, 0.1) is 0 Å². The average molecular weight is 465 g/mol. The molecule has 8 heteroatoms. The molecule has 0 aliphatic heterocycles. The van der Waals surface area contributed by atoms with Crippen molar-refractivity contribution in [1.82, 2.24) is 5.16 Å². The van der Waals surface area contributed by atoms with Gasteiger partial charge in [0.15, 0.2) is 16.5 Å². The van der Waals surface area contributed by atoms with Crippen LogP contribution in [0.4, 0.5) is 5.82 Å². The third-order valence-corrected chi connectivity index (χ3v) is 6.50. The van der Waals surface area contributed by atoms with E-state index < -0.39 is 10.0 Å². The Hall–Kier alpha value is -3.78. The molecule has 0 radical (unpaired) electrons. The summed E-state index contributed by atoms with van der Waals surface area (Å²) in [6.45, 7) is 2.25. The Balaban J connectivity index is 1.63. The zero-order valence-electron chi connectivity index (χ0n) is 18.3. The molecule has 1 aromatic heterocycles. The van der Waals surface area contributed by atoms with E-state index in [1.165, 1.54) is 7.11 Å². The van der Waals surface area contributed by atoms with Crippen molar-refractivity contribution in [3.05, 3.63) is 90.0 Å². The molecule has 3 aromatic carbocycles. The van der Waals surface area contributed by atoms with Crippen molar-refractivity contribution in [1.29, 1.82) is 0 Å². The molecule has 0 spiro atoms. The maximum Gasteiger partial charge on any atom is 0.270 e. The molecule has 0 saturated carbocycles. The van der Waals surface area contributed by atoms with E-state index in [2.05, 4.69) is 9.88 Å². The van der Waals surface area contributed by atoms with Crippen LogP contribution < -0.4 is 14.2 Å². The minimum absolute atomic E-state index is 0.0656. The predicted octanol–water partition coefficient (Wildman–Crippen LogP) is 5.29. The van der Waals surface area contributed by atoms with Gasteiger partial charge >= 0.3 is 0 Å². The van der Waals surface area contributed by atoms with Crippen LogP contribution in [0.15, 0.2) is 88.3 Å². The lowest BCUT2D eigenvalue weighted by atomic mass is 10.0. The number of aromatic nitrogens is 1. The summed E-state index contributed by atoms with van der Waals surface area (Å²) in [6, 6.07) is 23.6. The van der Waals surface area contributed by atoms with Crippen LogP contribution in [0.2, 0.25) is 0 Å². The van der Waals surface area contributed by atoms with E-state index in [0.717, 1.165) is 23.1 Å². The molecule has 0 atom stereocenters. The predicted molar refractivity (Wildman–Crippen MR) is 126 cm³/mol. The van der Waals surface area contributed by atoms with Gasteiger partial charge < -0.3 is 14.0 Å². The molecule has 0 amide bonds. The minimum atomic E-state index is -4.10. The molecule has 4 rings (SSSR count). The number of benzene rings is 3. The zero-order valence-corrected chi connectivity index (χ0v) is 19.1. The number of rotatable bonds is 9. The second kappa shape index (κ2) is 9.79. The van der Waals surface area contributed by atoms with Crippen molar-refractivity contribution in [2.75, 3.05) is 11.8 Å². The highest BCUT2D eigenvalue weighted by atomic mass is 32.2. The first-order chi connectivity index (χ1) is 16.0. The monoisotopic (exact) mass is 464 g/mol. The van der Waals surface area contributed by atoms with Crippen LogP contribution in [-0.2, 0) is 23.1 Å². The fourth-order valence-corrected chi connectivity index (χ4v) is 4.76. The van der Waals surface area contributed by atoms with E-state index in [4.69, 9.17) is 14.0 Å². The Morgan fingerprint density at radius 3 is 2.42 bits per heavy atom. The number of nitrogens with one attached hydrogen (secondary N) is 1. The van der Waals surface area contributed by atoms with Crippen molar-refractivity contribution in [3.63, 3.8) is 0 Å². The lowest BCUT2D eigenvalue weighted by Gasteiger charge is -2.15. The lowest BCUT2D eigenvalue weighted by molar-refractivity contribution is 0.293. The highest BCUT2D eigenvalue weighted by Crippen LogP contribution is 2.35. The van der Waals surface area contributed by atoms with Gasteiger partial charge in [-0.05, 0) is 29.7 Å². The van der Waals surface area contributed by atoms with Gasteiger partial charge in [-0.15, -0.1) is 0 Å². The van der Waals surface area contributed by atoms with E-state index in [0.29, 0.717) is 5.76 Å². The van der Waals surface area contributed by atoms with Gasteiger partial charge in [0.05, 0.1) is 7.11 Å². The van der Waals surface area contributed by atoms with Gasteiger partial charge in [-0.2, -0.15) is 0 Å². The number of anilines is 1. The van der Waals surface area contributed by atoms with Crippen LogP contribution >= 0.6 is 0 Å². The number of hydrogen-bond acceptors (Lipinski definition) is 6. The van der Waals surface area contributed by atoms with Gasteiger partial charge in [0.2, 0.25) is 0 Å². The molecule has 1 N–H and O–H groups in total. The molecule has 0 unspecified atom stereocenters. The van der Waals surface area contributed by atoms with Crippen LogP contribution in [-0.4, -0.2) is 20.7 Å². The SMILES string of the molecule is CCc1ccccc1-c1cc(NS(=O)(=O)c2c(OC)cccc2OCc2ccccc2)no1. The van der Waals surface area contributed by atoms with Crippen molar-refractivity contribution >= 4 is 15.8 Å². The van der Waals surface area contributed by atoms with Crippen molar-refractivity contribution < 1.29 is 22.4 Å². The first-order valence-electron chi connectivity index (χ1n) is 10.4. The van der Waals surface area contributed by atoms with E-state index in [1.54, 1.807) is 24.3 Å². The lowest BCUT2D eigenvalue weighted by Crippen LogP contribution is -2.16. The molecule has 0 aliphatic rings. The summed E-state index contributed by atoms with van der Waals surface area (Å²) in [5, 5.41) is 3.91. The first-order valence-corrected chi connectivity index (χ1v) is 11.9. The Bertz CT molecular complexity index is 1330. The quantitative estimate of drug-likeness (QED) is 0.362. The Morgan fingerprint density at radius 2 is 1.67 bits per heavy atom. The van der Waals surface area contributed by atoms with Crippen LogP contribution in [0.25, 0.3) is 11.3 Å². The second-order valence-corrected chi connectivity index (χ2v) is 8.87. The van der Waals surface area contributed by atoms with E-state index in [1.807, 2.05) is 61.5 Å². The standard InChI is InChI=1S/C25H24N2O5S/c1-3-19-12-7-8-13-20(19)23-16-24(26-32-23)27-33(28,29)25-21(30-2)14-9-15-22(25)31-17-18-10-5-4-6-11-18/h4-16H,3,17H2,1-2H3,(H,26,27). The normalized spacial score (nSPS) is 11.2. The summed E-state index contributed by atoms with van der Waals surface area (Å²) in [5.41, 5.74) is 2.85. The second-order valence-electron chi connectivity index (χ2n) is 7.25. The molecule has 33 heavy (non-hydrogen) atoms. The number of sulfonamides is 1. The summed E-state index contributed by atoms with van der Waals surface area (Å²) in [7, 11) is -2.69. The molecular formula is C25H24N2O5S. The largest absolute Gasteiger partial charge is 0.495 e. The topological polar surface area (TPSA) is 90.7 Å². The van der Waals surface area contributed by atoms with Gasteiger partial charge in [-0.1, -0.05) is 72.7 Å². The average Bonchev–Trinajstić information content (AvgIpc) is 3.30. The molecule has 7 nitrogen and oxygen atoms in total. The van der Waals surface area contributed by atoms with Gasteiger partial charge in [0.25, 0.3) is 10.0 Å². The molecule has 0 saturated heterocycles. The smallest absolute Gasteiger partial charge is 0.270 e. The van der Waals surface area contributed by atoms with E-state index in [9.17, 15) is 8.42 Å². The van der Waals surface area contributed by atoms with Crippen LogP contribution in [0.5, 0.6) is 11.5 Å². The molecule has 170 valence electrons. The Morgan fingerprint density at radius 1 is 0.939 bits per heavy atom. The molecule has 4 aromatic rings. The molecule has 0 fully saturated rings. The molecule has 0 aliphatic carbocycles. The number of nitrogens with zero attached hydrogens (tertiary/aromatic N) is 1. The Kier molecular flexibility index (Phi) is 6.65. The van der Waals surface area contributed by atoms with Crippen LogP contribution in [0.1, 0.15) is 18.1 Å². The summed E-state index contributed by atoms with van der Waals surface area (Å²) < 4.78 is 45.7. The number of aryl methyl sites for hydroxylation is 1. The fourth-order valence-electron chi connectivity index (χ4n) is 3.48. The number of ether oxygens (including phenoxy) is 2. The Labute approximate surface area is 193 Å². The fraction of sp³-hybridized carbons (Fsp3) is 0.160. The van der Waals surface area contributed by atoms with Crippen molar-refractivity contribution in [3.8, 4) is 22.8 Å². The van der Waals surface area contributed by atoms with E-state index >= 15 is 0 Å². The molecule has 0 bridgehead atoms. The van der Waals surface area contributed by atoms with Gasteiger partial charge in [-0.3, -0.25) is 4.72 Å². The van der Waals surface area contributed by atoms with Gasteiger partial charge in [-0.25, -0.2) is 8.42 Å². The van der Waals surface area contributed by atoms with Crippen LogP contribution in [0.3, 0.4) is 0 Å². The van der Waals surface area contributed by atoms with Crippen molar-refractivity contribution in [2.24, 2.45) is 0 Å². The maximum atomic E-state index is 13.3. The summed E-state index contributed by atoms with van der Waals surface area (Å²) in [6.07, 6.45) is 0.807. The molecular weight excluding hydrogens is 440 g/mol. The summed E-state index contributed by atoms with van der Waals surface area (Å²) in [4.78, 5) is -0.109. The number of hydrogen-bond donors (Lipinski definition) is 1. The van der Waals surface area contributed by atoms with Gasteiger partial charge in [0.1, 0.15) is 18.1 Å². The maximum absolute atomic E-state index is 13.3. The highest BCUT2D eigenvalue weighted by molar-refractivity contribution is 7.93. The minimum Gasteiger partial charge on any atom is -0.495 e. The molecule has 1 heterocycles. The zero-order chi connectivity index (χ0) is 23.3. The van der Waals surface area contributed by atoms with Crippen molar-refractivity contribution in [2.45, 2.75) is 24.8 Å². The third-order valence-electron chi connectivity index (χ3n) is 5.08. The third kappa shape index (κ3) is 5.01. The van der Waals surface area contributed by atoms with Gasteiger partial charge in [0, 0.05) is 11.6 Å². The summed E-state index contributed by atoms with van der Waals surface area (Å²) >= 11 is 0.